The highest BCUT2D eigenvalue weighted by Gasteiger charge is 2.12. The number of hydrogen-bond acceptors (Lipinski definition) is 4. The van der Waals surface area contributed by atoms with Gasteiger partial charge in [-0.3, -0.25) is 4.79 Å². The van der Waals surface area contributed by atoms with Crippen molar-refractivity contribution in [3.05, 3.63) is 71.4 Å². The average molecular weight is 339 g/mol. The van der Waals surface area contributed by atoms with E-state index in [2.05, 4.69) is 10.4 Å². The van der Waals surface area contributed by atoms with Crippen LogP contribution in [-0.4, -0.2) is 15.7 Å². The quantitative estimate of drug-likeness (QED) is 0.767. The van der Waals surface area contributed by atoms with Gasteiger partial charge in [0.25, 0.3) is 5.91 Å². The van der Waals surface area contributed by atoms with Crippen molar-refractivity contribution in [1.82, 2.24) is 9.78 Å². The Kier molecular flexibility index (Phi) is 4.14. The van der Waals surface area contributed by atoms with Gasteiger partial charge in [-0.05, 0) is 30.3 Å². The highest BCUT2D eigenvalue weighted by molar-refractivity contribution is 6.04. The van der Waals surface area contributed by atoms with Crippen molar-refractivity contribution in [1.29, 1.82) is 5.26 Å². The van der Waals surface area contributed by atoms with Gasteiger partial charge < -0.3 is 11.1 Å². The maximum Gasteiger partial charge on any atom is 0.255 e. The third kappa shape index (κ3) is 3.16. The number of nitrogen functional groups attached to an aromatic ring is 1. The van der Waals surface area contributed by atoms with Gasteiger partial charge in [-0.2, -0.15) is 10.4 Å². The van der Waals surface area contributed by atoms with Gasteiger partial charge in [-0.1, -0.05) is 6.07 Å². The highest BCUT2D eigenvalue weighted by Crippen LogP contribution is 2.19. The molecule has 0 aliphatic heterocycles. The van der Waals surface area contributed by atoms with Crippen LogP contribution in [-0.2, 0) is 0 Å². The smallest absolute Gasteiger partial charge is 0.255 e. The first-order valence-electron chi connectivity index (χ1n) is 7.10. The molecule has 124 valence electrons. The summed E-state index contributed by atoms with van der Waals surface area (Å²) < 4.78 is 27.5. The van der Waals surface area contributed by atoms with E-state index in [-0.39, 0.29) is 22.6 Å². The van der Waals surface area contributed by atoms with Crippen LogP contribution in [0.25, 0.3) is 5.69 Å². The Bertz CT molecular complexity index is 1010. The van der Waals surface area contributed by atoms with Crippen molar-refractivity contribution < 1.29 is 13.6 Å². The lowest BCUT2D eigenvalue weighted by Gasteiger charge is -2.08. The van der Waals surface area contributed by atoms with Gasteiger partial charge >= 0.3 is 0 Å². The molecule has 1 amide bonds. The monoisotopic (exact) mass is 339 g/mol. The summed E-state index contributed by atoms with van der Waals surface area (Å²) in [7, 11) is 0. The molecule has 0 fully saturated rings. The van der Waals surface area contributed by atoms with Crippen LogP contribution >= 0.6 is 0 Å². The minimum atomic E-state index is -1.06. The molecule has 3 N–H and O–H groups in total. The molecule has 3 rings (SSSR count). The van der Waals surface area contributed by atoms with E-state index in [1.807, 2.05) is 6.07 Å². The Morgan fingerprint density at radius 2 is 2.00 bits per heavy atom. The molecule has 0 saturated heterocycles. The summed E-state index contributed by atoms with van der Waals surface area (Å²) in [5, 5.41) is 15.4. The van der Waals surface area contributed by atoms with Gasteiger partial charge in [0, 0.05) is 17.3 Å². The second-order valence-corrected chi connectivity index (χ2v) is 5.10. The highest BCUT2D eigenvalue weighted by atomic mass is 19.2. The summed E-state index contributed by atoms with van der Waals surface area (Å²) in [5.41, 5.74) is 6.91. The van der Waals surface area contributed by atoms with Gasteiger partial charge in [-0.25, -0.2) is 13.5 Å². The number of nitrogens with two attached hydrogens (primary N) is 1. The van der Waals surface area contributed by atoms with Crippen molar-refractivity contribution in [3.63, 3.8) is 0 Å². The van der Waals surface area contributed by atoms with E-state index in [0.717, 1.165) is 12.1 Å². The number of halogens is 2. The summed E-state index contributed by atoms with van der Waals surface area (Å²) in [6.45, 7) is 0. The SMILES string of the molecule is N#Cc1cnn(-c2cccc(C(=O)Nc3ccc(F)c(F)c3)c2)c1N. The lowest BCUT2D eigenvalue weighted by atomic mass is 10.1. The molecule has 0 aliphatic rings. The first-order chi connectivity index (χ1) is 12.0. The van der Waals surface area contributed by atoms with Crippen molar-refractivity contribution in [2.24, 2.45) is 0 Å². The van der Waals surface area contributed by atoms with Crippen LogP contribution in [0.4, 0.5) is 20.3 Å². The van der Waals surface area contributed by atoms with Crippen molar-refractivity contribution in [2.75, 3.05) is 11.1 Å². The fraction of sp³-hybridized carbons (Fsp3) is 0. The number of amides is 1. The summed E-state index contributed by atoms with van der Waals surface area (Å²) in [6, 6.07) is 11.3. The van der Waals surface area contributed by atoms with Gasteiger partial charge in [-0.15, -0.1) is 0 Å². The van der Waals surface area contributed by atoms with Gasteiger partial charge in [0.15, 0.2) is 11.6 Å². The summed E-state index contributed by atoms with van der Waals surface area (Å²) in [4.78, 5) is 12.3. The Balaban J connectivity index is 1.88. The van der Waals surface area contributed by atoms with E-state index in [1.165, 1.54) is 23.0 Å². The molecule has 0 saturated carbocycles. The second-order valence-electron chi connectivity index (χ2n) is 5.10. The molecule has 3 aromatic rings. The third-order valence-corrected chi connectivity index (χ3v) is 3.46. The van der Waals surface area contributed by atoms with E-state index < -0.39 is 17.5 Å². The number of carbonyl (C=O) groups is 1. The number of nitrogens with one attached hydrogen (secondary N) is 1. The molecular weight excluding hydrogens is 328 g/mol. The standard InChI is InChI=1S/C17H11F2N5O/c18-14-5-4-12(7-15(14)19)23-17(25)10-2-1-3-13(6-10)24-16(21)11(8-20)9-22-24/h1-7,9H,21H2,(H,23,25). The Morgan fingerprint density at radius 3 is 2.68 bits per heavy atom. The Labute approximate surface area is 141 Å². The van der Waals surface area contributed by atoms with Gasteiger partial charge in [0.05, 0.1) is 11.9 Å². The van der Waals surface area contributed by atoms with E-state index >= 15 is 0 Å². The molecule has 25 heavy (non-hydrogen) atoms. The number of aromatic nitrogens is 2. The first-order valence-corrected chi connectivity index (χ1v) is 7.10. The molecular formula is C17H11F2N5O. The lowest BCUT2D eigenvalue weighted by molar-refractivity contribution is 0.102. The van der Waals surface area contributed by atoms with Gasteiger partial charge in [0.2, 0.25) is 0 Å². The van der Waals surface area contributed by atoms with E-state index in [9.17, 15) is 13.6 Å². The second kappa shape index (κ2) is 6.41. The number of carbonyl (C=O) groups excluding carboxylic acids is 1. The predicted molar refractivity (Wildman–Crippen MR) is 87.0 cm³/mol. The molecule has 0 aliphatic carbocycles. The minimum absolute atomic E-state index is 0.125. The maximum absolute atomic E-state index is 13.2. The molecule has 1 heterocycles. The molecule has 0 bridgehead atoms. The van der Waals surface area contributed by atoms with Crippen LogP contribution in [0.1, 0.15) is 15.9 Å². The fourth-order valence-electron chi connectivity index (χ4n) is 2.21. The molecule has 0 unspecified atom stereocenters. The molecule has 0 atom stereocenters. The van der Waals surface area contributed by atoms with Gasteiger partial charge in [0.1, 0.15) is 17.5 Å². The zero-order valence-corrected chi connectivity index (χ0v) is 12.7. The molecule has 8 heteroatoms. The van der Waals surface area contributed by atoms with Crippen molar-refractivity contribution in [2.45, 2.75) is 0 Å². The number of anilines is 2. The van der Waals surface area contributed by atoms with Crippen molar-refractivity contribution in [3.8, 4) is 11.8 Å². The Hall–Kier alpha value is -3.73. The van der Waals surface area contributed by atoms with Crippen LogP contribution in [0.3, 0.4) is 0 Å². The van der Waals surface area contributed by atoms with E-state index in [4.69, 9.17) is 11.0 Å². The zero-order chi connectivity index (χ0) is 18.0. The number of rotatable bonds is 3. The normalized spacial score (nSPS) is 10.3. The first kappa shape index (κ1) is 16.1. The molecule has 1 aromatic heterocycles. The maximum atomic E-state index is 13.2. The van der Waals surface area contributed by atoms with E-state index in [0.29, 0.717) is 5.69 Å². The van der Waals surface area contributed by atoms with Crippen LogP contribution < -0.4 is 11.1 Å². The molecule has 2 aromatic carbocycles. The minimum Gasteiger partial charge on any atom is -0.382 e. The van der Waals surface area contributed by atoms with Crippen LogP contribution in [0.2, 0.25) is 0 Å². The largest absolute Gasteiger partial charge is 0.382 e. The van der Waals surface area contributed by atoms with Crippen LogP contribution in [0.15, 0.2) is 48.7 Å². The van der Waals surface area contributed by atoms with Crippen molar-refractivity contribution >= 4 is 17.4 Å². The topological polar surface area (TPSA) is 96.7 Å². The number of hydrogen-bond donors (Lipinski definition) is 2. The molecule has 6 nitrogen and oxygen atoms in total. The number of nitrogens with zero attached hydrogens (tertiary/aromatic N) is 3. The molecule has 0 spiro atoms. The Morgan fingerprint density at radius 1 is 1.20 bits per heavy atom. The fourth-order valence-corrected chi connectivity index (χ4v) is 2.21. The zero-order valence-electron chi connectivity index (χ0n) is 12.7. The average Bonchev–Trinajstić information content (AvgIpc) is 2.99. The predicted octanol–water partition coefficient (Wildman–Crippen LogP) is 2.86. The van der Waals surface area contributed by atoms with E-state index in [1.54, 1.807) is 18.2 Å². The van der Waals surface area contributed by atoms with Crippen LogP contribution in [0.5, 0.6) is 0 Å². The molecule has 0 radical (unpaired) electrons. The number of benzene rings is 2. The summed E-state index contributed by atoms with van der Waals surface area (Å²) >= 11 is 0. The van der Waals surface area contributed by atoms with Crippen LogP contribution in [0, 0.1) is 23.0 Å². The third-order valence-electron chi connectivity index (χ3n) is 3.46. The summed E-state index contributed by atoms with van der Waals surface area (Å²) in [5.74, 6) is -2.41. The lowest BCUT2D eigenvalue weighted by Crippen LogP contribution is -2.13. The summed E-state index contributed by atoms with van der Waals surface area (Å²) in [6.07, 6.45) is 1.32. The number of nitriles is 1.